The van der Waals surface area contributed by atoms with Crippen molar-refractivity contribution in [2.45, 2.75) is 39.0 Å². The summed E-state index contributed by atoms with van der Waals surface area (Å²) in [5.41, 5.74) is 2.12. The second kappa shape index (κ2) is 8.63. The molecule has 2 aromatic carbocycles. The van der Waals surface area contributed by atoms with Crippen LogP contribution in [0.5, 0.6) is 11.5 Å². The Morgan fingerprint density at radius 3 is 2.52 bits per heavy atom. The summed E-state index contributed by atoms with van der Waals surface area (Å²) in [5.74, 6) is 1.45. The molecule has 0 radical (unpaired) electrons. The van der Waals surface area contributed by atoms with E-state index in [1.165, 1.54) is 12.8 Å². The topological polar surface area (TPSA) is 30.5 Å². The van der Waals surface area contributed by atoms with Crippen LogP contribution in [0.1, 0.15) is 30.9 Å². The molecule has 0 saturated heterocycles. The lowest BCUT2D eigenvalue weighted by Gasteiger charge is -2.15. The summed E-state index contributed by atoms with van der Waals surface area (Å²) in [6, 6.07) is 10.1. The number of hydrogen-bond donors (Lipinski definition) is 1. The molecule has 0 aliphatic heterocycles. The van der Waals surface area contributed by atoms with Crippen LogP contribution < -0.4 is 14.8 Å². The standard InChI is InChI=1S/C19H20BrCl2NO2/c1-2-24-18-8-13(10-23-14-4-5-14)15(20)9-19(18)25-11-12-3-6-16(21)17(22)7-12/h3,6-9,14,23H,2,4-5,10-11H2,1H3. The predicted molar refractivity (Wildman–Crippen MR) is 106 cm³/mol. The molecule has 0 bridgehead atoms. The first kappa shape index (κ1) is 18.8. The van der Waals surface area contributed by atoms with Gasteiger partial charge in [0.05, 0.1) is 16.7 Å². The van der Waals surface area contributed by atoms with E-state index in [9.17, 15) is 0 Å². The molecule has 134 valence electrons. The van der Waals surface area contributed by atoms with Gasteiger partial charge >= 0.3 is 0 Å². The summed E-state index contributed by atoms with van der Waals surface area (Å²) in [6.45, 7) is 3.76. The summed E-state index contributed by atoms with van der Waals surface area (Å²) in [7, 11) is 0. The molecule has 1 N–H and O–H groups in total. The fourth-order valence-corrected chi connectivity index (χ4v) is 3.21. The molecule has 0 atom stereocenters. The van der Waals surface area contributed by atoms with Crippen molar-refractivity contribution in [3.8, 4) is 11.5 Å². The van der Waals surface area contributed by atoms with Crippen LogP contribution in [0.25, 0.3) is 0 Å². The Kier molecular flexibility index (Phi) is 6.50. The lowest BCUT2D eigenvalue weighted by Crippen LogP contribution is -2.15. The minimum absolute atomic E-state index is 0.392. The van der Waals surface area contributed by atoms with Gasteiger partial charge in [-0.25, -0.2) is 0 Å². The van der Waals surface area contributed by atoms with Crippen molar-refractivity contribution in [2.24, 2.45) is 0 Å². The third-order valence-electron chi connectivity index (χ3n) is 3.95. The van der Waals surface area contributed by atoms with Crippen molar-refractivity contribution in [1.29, 1.82) is 0 Å². The Morgan fingerprint density at radius 2 is 1.84 bits per heavy atom. The van der Waals surface area contributed by atoms with Crippen LogP contribution in [0.15, 0.2) is 34.8 Å². The first-order valence-corrected chi connectivity index (χ1v) is 9.87. The highest BCUT2D eigenvalue weighted by atomic mass is 79.9. The van der Waals surface area contributed by atoms with E-state index >= 15 is 0 Å². The molecule has 2 aromatic rings. The molecule has 3 nitrogen and oxygen atoms in total. The summed E-state index contributed by atoms with van der Waals surface area (Å²) in [6.07, 6.45) is 2.53. The largest absolute Gasteiger partial charge is 0.490 e. The minimum Gasteiger partial charge on any atom is -0.490 e. The van der Waals surface area contributed by atoms with Gasteiger partial charge in [-0.05, 0) is 55.2 Å². The number of ether oxygens (including phenoxy) is 2. The van der Waals surface area contributed by atoms with Crippen molar-refractivity contribution in [3.05, 3.63) is 56.0 Å². The van der Waals surface area contributed by atoms with Crippen molar-refractivity contribution >= 4 is 39.1 Å². The molecule has 6 heteroatoms. The highest BCUT2D eigenvalue weighted by Crippen LogP contribution is 2.35. The van der Waals surface area contributed by atoms with Gasteiger partial charge in [0.1, 0.15) is 6.61 Å². The summed E-state index contributed by atoms with van der Waals surface area (Å²) < 4.78 is 12.7. The van der Waals surface area contributed by atoms with Crippen molar-refractivity contribution in [1.82, 2.24) is 5.32 Å². The Balaban J connectivity index is 1.73. The summed E-state index contributed by atoms with van der Waals surface area (Å²) in [4.78, 5) is 0. The third-order valence-corrected chi connectivity index (χ3v) is 5.43. The van der Waals surface area contributed by atoms with Crippen LogP contribution in [0, 0.1) is 0 Å². The molecule has 3 rings (SSSR count). The van der Waals surface area contributed by atoms with Gasteiger partial charge in [0.15, 0.2) is 11.5 Å². The quantitative estimate of drug-likeness (QED) is 0.542. The maximum Gasteiger partial charge on any atom is 0.162 e. The van der Waals surface area contributed by atoms with E-state index in [1.54, 1.807) is 6.07 Å². The maximum absolute atomic E-state index is 6.06. The third kappa shape index (κ3) is 5.27. The average Bonchev–Trinajstić information content (AvgIpc) is 3.41. The Morgan fingerprint density at radius 1 is 1.08 bits per heavy atom. The smallest absolute Gasteiger partial charge is 0.162 e. The van der Waals surface area contributed by atoms with Gasteiger partial charge in [-0.15, -0.1) is 0 Å². The molecule has 0 aromatic heterocycles. The SMILES string of the molecule is CCOc1cc(CNC2CC2)c(Br)cc1OCc1ccc(Cl)c(Cl)c1. The van der Waals surface area contributed by atoms with E-state index < -0.39 is 0 Å². The van der Waals surface area contributed by atoms with Gasteiger partial charge in [-0.2, -0.15) is 0 Å². The van der Waals surface area contributed by atoms with Crippen LogP contribution in [0.2, 0.25) is 10.0 Å². The molecule has 0 heterocycles. The number of halogens is 3. The fraction of sp³-hybridized carbons (Fsp3) is 0.368. The molecule has 1 aliphatic carbocycles. The van der Waals surface area contributed by atoms with Crippen LogP contribution in [0.4, 0.5) is 0 Å². The second-order valence-electron chi connectivity index (χ2n) is 6.02. The molecule has 1 saturated carbocycles. The predicted octanol–water partition coefficient (Wildman–Crippen LogP) is 5.99. The zero-order valence-electron chi connectivity index (χ0n) is 14.0. The van der Waals surface area contributed by atoms with E-state index in [0.717, 1.165) is 27.9 Å². The monoisotopic (exact) mass is 443 g/mol. The van der Waals surface area contributed by atoms with Crippen LogP contribution >= 0.6 is 39.1 Å². The highest BCUT2D eigenvalue weighted by Gasteiger charge is 2.21. The van der Waals surface area contributed by atoms with E-state index in [-0.39, 0.29) is 0 Å². The molecule has 0 unspecified atom stereocenters. The zero-order valence-corrected chi connectivity index (χ0v) is 17.0. The second-order valence-corrected chi connectivity index (χ2v) is 7.68. The maximum atomic E-state index is 6.06. The van der Waals surface area contributed by atoms with Crippen LogP contribution in [-0.4, -0.2) is 12.6 Å². The lowest BCUT2D eigenvalue weighted by atomic mass is 10.2. The zero-order chi connectivity index (χ0) is 17.8. The summed E-state index contributed by atoms with van der Waals surface area (Å²) >= 11 is 15.7. The van der Waals surface area contributed by atoms with Gasteiger partial charge in [-0.1, -0.05) is 45.2 Å². The molecule has 25 heavy (non-hydrogen) atoms. The first-order chi connectivity index (χ1) is 12.1. The molecule has 0 spiro atoms. The first-order valence-electron chi connectivity index (χ1n) is 8.32. The van der Waals surface area contributed by atoms with Gasteiger partial charge < -0.3 is 14.8 Å². The number of nitrogens with one attached hydrogen (secondary N) is 1. The highest BCUT2D eigenvalue weighted by molar-refractivity contribution is 9.10. The Bertz CT molecular complexity index is 750. The van der Waals surface area contributed by atoms with Gasteiger partial charge in [-0.3, -0.25) is 0 Å². The van der Waals surface area contributed by atoms with E-state index in [2.05, 4.69) is 21.2 Å². The normalized spacial score (nSPS) is 13.8. The molecule has 1 fully saturated rings. The van der Waals surface area contributed by atoms with E-state index in [4.69, 9.17) is 32.7 Å². The Hall–Kier alpha value is -0.940. The average molecular weight is 445 g/mol. The van der Waals surface area contributed by atoms with Gasteiger partial charge in [0.2, 0.25) is 0 Å². The fourth-order valence-electron chi connectivity index (χ4n) is 2.43. The van der Waals surface area contributed by atoms with Crippen LogP contribution in [-0.2, 0) is 13.2 Å². The van der Waals surface area contributed by atoms with Crippen molar-refractivity contribution < 1.29 is 9.47 Å². The number of rotatable bonds is 8. The van der Waals surface area contributed by atoms with E-state index in [0.29, 0.717) is 35.1 Å². The summed E-state index contributed by atoms with van der Waals surface area (Å²) in [5, 5.41) is 4.58. The molecular weight excluding hydrogens is 425 g/mol. The number of hydrogen-bond acceptors (Lipinski definition) is 3. The molecule has 1 aliphatic rings. The van der Waals surface area contributed by atoms with Crippen molar-refractivity contribution in [3.63, 3.8) is 0 Å². The Labute approximate surface area is 166 Å². The van der Waals surface area contributed by atoms with Crippen molar-refractivity contribution in [2.75, 3.05) is 6.61 Å². The van der Waals surface area contributed by atoms with Gasteiger partial charge in [0.25, 0.3) is 0 Å². The minimum atomic E-state index is 0.392. The van der Waals surface area contributed by atoms with E-state index in [1.807, 2.05) is 31.2 Å². The molecule has 0 amide bonds. The molecular formula is C19H20BrCl2NO2. The van der Waals surface area contributed by atoms with Gasteiger partial charge in [0, 0.05) is 17.1 Å². The van der Waals surface area contributed by atoms with Crippen LogP contribution in [0.3, 0.4) is 0 Å². The number of benzene rings is 2. The lowest BCUT2D eigenvalue weighted by molar-refractivity contribution is 0.269.